The smallest absolute Gasteiger partial charge is 0.330 e. The number of nitrogen functional groups attached to an aromatic ring is 1. The Bertz CT molecular complexity index is 810. The SMILES string of the molecule is CCN(CC(N)=O)c1c(N)n(Cc2ccccc2)c(=O)[nH]c1=O. The Labute approximate surface area is 132 Å². The van der Waals surface area contributed by atoms with E-state index in [1.165, 1.54) is 9.47 Å². The van der Waals surface area contributed by atoms with Gasteiger partial charge in [0, 0.05) is 6.54 Å². The van der Waals surface area contributed by atoms with Crippen LogP contribution in [0.25, 0.3) is 0 Å². The molecule has 5 N–H and O–H groups in total. The fraction of sp³-hybridized carbons (Fsp3) is 0.267. The van der Waals surface area contributed by atoms with Gasteiger partial charge in [0.2, 0.25) is 5.91 Å². The first-order valence-corrected chi connectivity index (χ1v) is 7.13. The highest BCUT2D eigenvalue weighted by atomic mass is 16.2. The first-order chi connectivity index (χ1) is 10.9. The molecule has 0 aliphatic heterocycles. The van der Waals surface area contributed by atoms with Crippen molar-refractivity contribution in [1.29, 1.82) is 0 Å². The summed E-state index contributed by atoms with van der Waals surface area (Å²) in [4.78, 5) is 39.0. The highest BCUT2D eigenvalue weighted by Gasteiger charge is 2.19. The average Bonchev–Trinajstić information content (AvgIpc) is 2.51. The topological polar surface area (TPSA) is 127 Å². The molecule has 8 nitrogen and oxygen atoms in total. The summed E-state index contributed by atoms with van der Waals surface area (Å²) in [5.41, 5.74) is 10.9. The van der Waals surface area contributed by atoms with E-state index >= 15 is 0 Å². The summed E-state index contributed by atoms with van der Waals surface area (Å²) in [7, 11) is 0. The molecule has 0 atom stereocenters. The number of primary amides is 1. The van der Waals surface area contributed by atoms with Crippen LogP contribution in [-0.2, 0) is 11.3 Å². The predicted octanol–water partition coefficient (Wildman–Crippen LogP) is -0.521. The van der Waals surface area contributed by atoms with Gasteiger partial charge < -0.3 is 16.4 Å². The molecule has 0 fully saturated rings. The zero-order valence-corrected chi connectivity index (χ0v) is 12.8. The number of rotatable bonds is 6. The van der Waals surface area contributed by atoms with Gasteiger partial charge in [-0.15, -0.1) is 0 Å². The van der Waals surface area contributed by atoms with Crippen LogP contribution >= 0.6 is 0 Å². The van der Waals surface area contributed by atoms with E-state index in [0.717, 1.165) is 5.56 Å². The van der Waals surface area contributed by atoms with E-state index < -0.39 is 17.2 Å². The van der Waals surface area contributed by atoms with Crippen molar-refractivity contribution in [3.63, 3.8) is 0 Å². The fourth-order valence-corrected chi connectivity index (χ4v) is 2.34. The monoisotopic (exact) mass is 317 g/mol. The zero-order valence-electron chi connectivity index (χ0n) is 12.8. The number of benzene rings is 1. The van der Waals surface area contributed by atoms with Crippen LogP contribution < -0.4 is 27.6 Å². The van der Waals surface area contributed by atoms with Gasteiger partial charge >= 0.3 is 5.69 Å². The molecule has 0 spiro atoms. The normalized spacial score (nSPS) is 10.5. The standard InChI is InChI=1S/C15H19N5O3/c1-2-19(9-11(16)21)12-13(17)20(15(23)18-14(12)22)8-10-6-4-3-5-7-10/h3-7H,2,8-9,17H2,1H3,(H2,16,21)(H,18,22,23). The van der Waals surface area contributed by atoms with Gasteiger partial charge in [0.05, 0.1) is 13.1 Å². The van der Waals surface area contributed by atoms with Gasteiger partial charge in [-0.05, 0) is 12.5 Å². The Morgan fingerprint density at radius 2 is 1.91 bits per heavy atom. The van der Waals surface area contributed by atoms with Crippen molar-refractivity contribution >= 4 is 17.4 Å². The van der Waals surface area contributed by atoms with Crippen LogP contribution in [0.4, 0.5) is 11.5 Å². The average molecular weight is 317 g/mol. The van der Waals surface area contributed by atoms with Gasteiger partial charge in [0.1, 0.15) is 11.5 Å². The van der Waals surface area contributed by atoms with Gasteiger partial charge in [-0.1, -0.05) is 30.3 Å². The number of nitrogens with zero attached hydrogens (tertiary/aromatic N) is 2. The Morgan fingerprint density at radius 1 is 1.26 bits per heavy atom. The number of aromatic amines is 1. The van der Waals surface area contributed by atoms with Crippen molar-refractivity contribution in [2.45, 2.75) is 13.5 Å². The lowest BCUT2D eigenvalue weighted by molar-refractivity contribution is -0.116. The molecule has 0 bridgehead atoms. The molecule has 1 heterocycles. The molecular weight excluding hydrogens is 298 g/mol. The number of aromatic nitrogens is 2. The van der Waals surface area contributed by atoms with Crippen LogP contribution in [0.3, 0.4) is 0 Å². The maximum absolute atomic E-state index is 12.1. The van der Waals surface area contributed by atoms with Gasteiger partial charge in [0.25, 0.3) is 5.56 Å². The number of likely N-dealkylation sites (N-methyl/N-ethyl adjacent to an activating group) is 1. The van der Waals surface area contributed by atoms with Gasteiger partial charge in [-0.3, -0.25) is 19.1 Å². The Kier molecular flexibility index (Phi) is 4.85. The number of amides is 1. The number of nitrogens with one attached hydrogen (secondary N) is 1. The number of anilines is 2. The van der Waals surface area contributed by atoms with E-state index in [1.54, 1.807) is 6.92 Å². The second-order valence-electron chi connectivity index (χ2n) is 5.05. The Hall–Kier alpha value is -3.03. The lowest BCUT2D eigenvalue weighted by atomic mass is 10.2. The van der Waals surface area contributed by atoms with Crippen molar-refractivity contribution in [2.75, 3.05) is 23.7 Å². The molecule has 122 valence electrons. The molecular formula is C15H19N5O3. The van der Waals surface area contributed by atoms with E-state index in [2.05, 4.69) is 4.98 Å². The maximum atomic E-state index is 12.1. The molecule has 8 heteroatoms. The summed E-state index contributed by atoms with van der Waals surface area (Å²) < 4.78 is 1.26. The van der Waals surface area contributed by atoms with Gasteiger partial charge in [-0.25, -0.2) is 4.79 Å². The molecule has 0 saturated carbocycles. The zero-order chi connectivity index (χ0) is 17.0. The van der Waals surface area contributed by atoms with E-state index in [1.807, 2.05) is 30.3 Å². The van der Waals surface area contributed by atoms with E-state index in [-0.39, 0.29) is 24.6 Å². The van der Waals surface area contributed by atoms with Crippen LogP contribution in [0.5, 0.6) is 0 Å². The third kappa shape index (κ3) is 3.60. The summed E-state index contributed by atoms with van der Waals surface area (Å²) in [6.07, 6.45) is 0. The number of H-pyrrole nitrogens is 1. The highest BCUT2D eigenvalue weighted by Crippen LogP contribution is 2.17. The molecule has 0 unspecified atom stereocenters. The number of carbonyl (C=O) groups excluding carboxylic acids is 1. The van der Waals surface area contributed by atoms with Gasteiger partial charge in [0.15, 0.2) is 0 Å². The minimum absolute atomic E-state index is 0.00528. The second kappa shape index (κ2) is 6.82. The molecule has 1 aromatic heterocycles. The summed E-state index contributed by atoms with van der Waals surface area (Å²) in [5, 5.41) is 0. The third-order valence-corrected chi connectivity index (χ3v) is 3.44. The summed E-state index contributed by atoms with van der Waals surface area (Å²) in [5.74, 6) is -0.586. The molecule has 23 heavy (non-hydrogen) atoms. The molecule has 0 saturated heterocycles. The van der Waals surface area contributed by atoms with E-state index in [9.17, 15) is 14.4 Å². The number of nitrogens with two attached hydrogens (primary N) is 2. The molecule has 2 rings (SSSR count). The minimum Gasteiger partial charge on any atom is -0.383 e. The largest absolute Gasteiger partial charge is 0.383 e. The quantitative estimate of drug-likeness (QED) is 0.660. The molecule has 2 aromatic rings. The maximum Gasteiger partial charge on any atom is 0.330 e. The lowest BCUT2D eigenvalue weighted by Gasteiger charge is -2.23. The minimum atomic E-state index is -0.639. The van der Waals surface area contributed by atoms with Crippen LogP contribution in [-0.4, -0.2) is 28.5 Å². The molecule has 1 aromatic carbocycles. The van der Waals surface area contributed by atoms with Gasteiger partial charge in [-0.2, -0.15) is 0 Å². The summed E-state index contributed by atoms with van der Waals surface area (Å²) in [6, 6.07) is 9.23. The van der Waals surface area contributed by atoms with E-state index in [0.29, 0.717) is 6.54 Å². The lowest BCUT2D eigenvalue weighted by Crippen LogP contribution is -2.41. The highest BCUT2D eigenvalue weighted by molar-refractivity contribution is 5.80. The number of hydrogen-bond acceptors (Lipinski definition) is 5. The van der Waals surface area contributed by atoms with Crippen LogP contribution in [0, 0.1) is 0 Å². The van der Waals surface area contributed by atoms with Crippen molar-refractivity contribution in [3.8, 4) is 0 Å². The molecule has 0 aliphatic carbocycles. The van der Waals surface area contributed by atoms with Crippen molar-refractivity contribution in [2.24, 2.45) is 5.73 Å². The number of hydrogen-bond donors (Lipinski definition) is 3. The number of carbonyl (C=O) groups is 1. The Balaban J connectivity index is 2.52. The molecule has 0 aliphatic rings. The van der Waals surface area contributed by atoms with Crippen LogP contribution in [0.2, 0.25) is 0 Å². The molecule has 0 radical (unpaired) electrons. The van der Waals surface area contributed by atoms with Crippen molar-refractivity contribution in [1.82, 2.24) is 9.55 Å². The molecule has 1 amide bonds. The van der Waals surface area contributed by atoms with Crippen molar-refractivity contribution in [3.05, 3.63) is 56.7 Å². The second-order valence-corrected chi connectivity index (χ2v) is 5.05. The first kappa shape index (κ1) is 16.3. The van der Waals surface area contributed by atoms with Crippen molar-refractivity contribution < 1.29 is 4.79 Å². The predicted molar refractivity (Wildman–Crippen MR) is 88.4 cm³/mol. The summed E-state index contributed by atoms with van der Waals surface area (Å²) >= 11 is 0. The summed E-state index contributed by atoms with van der Waals surface area (Å²) in [6.45, 7) is 2.16. The van der Waals surface area contributed by atoms with Crippen LogP contribution in [0.1, 0.15) is 12.5 Å². The van der Waals surface area contributed by atoms with Crippen LogP contribution in [0.15, 0.2) is 39.9 Å². The third-order valence-electron chi connectivity index (χ3n) is 3.44. The van der Waals surface area contributed by atoms with E-state index in [4.69, 9.17) is 11.5 Å². The first-order valence-electron chi connectivity index (χ1n) is 7.13. The fourth-order valence-electron chi connectivity index (χ4n) is 2.34. The Morgan fingerprint density at radius 3 is 2.48 bits per heavy atom.